The van der Waals surface area contributed by atoms with Gasteiger partial charge in [-0.1, -0.05) is 84.0 Å². The molecule has 2 atom stereocenters. The summed E-state index contributed by atoms with van der Waals surface area (Å²) in [7, 11) is 0. The Morgan fingerprint density at radius 3 is 1.72 bits per heavy atom. The number of cyclic esters (lactones) is 1. The predicted molar refractivity (Wildman–Crippen MR) is 110 cm³/mol. The van der Waals surface area contributed by atoms with Crippen LogP contribution in [-0.2, 0) is 14.3 Å². The molecule has 0 aromatic heterocycles. The van der Waals surface area contributed by atoms with Crippen LogP contribution in [0.15, 0.2) is 11.5 Å². The summed E-state index contributed by atoms with van der Waals surface area (Å²) < 4.78 is 4.78. The summed E-state index contributed by atoms with van der Waals surface area (Å²) in [5.74, 6) is -4.13. The summed E-state index contributed by atoms with van der Waals surface area (Å²) in [6.07, 6.45) is 13.1. The SMILES string of the molecule is CCCCCCCCCCCCCCCC(=O)[C@]1([C@@H](O)CO)OC(=O)C(O)=C1O. The fourth-order valence-corrected chi connectivity index (χ4v) is 3.73. The van der Waals surface area contributed by atoms with E-state index in [1.807, 2.05) is 0 Å². The second kappa shape index (κ2) is 13.6. The molecule has 0 spiro atoms. The minimum absolute atomic E-state index is 0.0283. The van der Waals surface area contributed by atoms with E-state index in [1.165, 1.54) is 57.8 Å². The molecule has 29 heavy (non-hydrogen) atoms. The van der Waals surface area contributed by atoms with Crippen molar-refractivity contribution in [2.75, 3.05) is 6.61 Å². The van der Waals surface area contributed by atoms with Crippen LogP contribution in [0.2, 0.25) is 0 Å². The smallest absolute Gasteiger partial charge is 0.378 e. The number of ketones is 1. The van der Waals surface area contributed by atoms with Crippen molar-refractivity contribution in [2.24, 2.45) is 0 Å². The lowest BCUT2D eigenvalue weighted by atomic mass is 9.87. The Bertz CT molecular complexity index is 543. The summed E-state index contributed by atoms with van der Waals surface area (Å²) in [5, 5.41) is 38.5. The molecular weight excluding hydrogens is 376 g/mol. The predicted octanol–water partition coefficient (Wildman–Crippen LogP) is 4.01. The van der Waals surface area contributed by atoms with Crippen molar-refractivity contribution in [3.05, 3.63) is 11.5 Å². The van der Waals surface area contributed by atoms with Gasteiger partial charge >= 0.3 is 5.97 Å². The fraction of sp³-hybridized carbons (Fsp3) is 0.818. The highest BCUT2D eigenvalue weighted by atomic mass is 16.6. The van der Waals surface area contributed by atoms with Gasteiger partial charge in [-0.3, -0.25) is 4.79 Å². The van der Waals surface area contributed by atoms with Crippen LogP contribution in [0, 0.1) is 0 Å². The molecule has 1 aliphatic rings. The molecule has 1 aliphatic heterocycles. The van der Waals surface area contributed by atoms with E-state index >= 15 is 0 Å². The minimum atomic E-state index is -2.40. The molecule has 0 bridgehead atoms. The highest BCUT2D eigenvalue weighted by molar-refractivity contribution is 6.01. The molecule has 7 nitrogen and oxygen atoms in total. The average Bonchev–Trinajstić information content (AvgIpc) is 2.95. The Morgan fingerprint density at radius 2 is 1.34 bits per heavy atom. The average molecular weight is 415 g/mol. The van der Waals surface area contributed by atoms with Gasteiger partial charge in [-0.15, -0.1) is 0 Å². The largest absolute Gasteiger partial charge is 0.505 e. The number of rotatable bonds is 17. The summed E-state index contributed by atoms with van der Waals surface area (Å²) in [4.78, 5) is 24.0. The summed E-state index contributed by atoms with van der Waals surface area (Å²) in [5.41, 5.74) is -2.40. The van der Waals surface area contributed by atoms with E-state index < -0.39 is 41.6 Å². The first-order valence-electron chi connectivity index (χ1n) is 11.1. The van der Waals surface area contributed by atoms with Crippen molar-refractivity contribution in [1.29, 1.82) is 0 Å². The lowest BCUT2D eigenvalue weighted by Gasteiger charge is -2.29. The molecule has 0 fully saturated rings. The van der Waals surface area contributed by atoms with Crippen molar-refractivity contribution in [3.63, 3.8) is 0 Å². The van der Waals surface area contributed by atoms with E-state index in [0.29, 0.717) is 6.42 Å². The van der Waals surface area contributed by atoms with Crippen LogP contribution in [0.1, 0.15) is 96.8 Å². The molecule has 0 aromatic rings. The van der Waals surface area contributed by atoms with Gasteiger partial charge in [-0.25, -0.2) is 4.79 Å². The van der Waals surface area contributed by atoms with Gasteiger partial charge in [0.2, 0.25) is 5.76 Å². The third-order valence-electron chi connectivity index (χ3n) is 5.59. The molecular formula is C22H38O7. The molecule has 1 heterocycles. The number of unbranched alkanes of at least 4 members (excludes halogenated alkanes) is 12. The third-order valence-corrected chi connectivity index (χ3v) is 5.59. The molecule has 0 aliphatic carbocycles. The summed E-state index contributed by atoms with van der Waals surface area (Å²) in [6.45, 7) is 1.33. The van der Waals surface area contributed by atoms with Crippen LogP contribution in [-0.4, -0.2) is 50.5 Å². The topological polar surface area (TPSA) is 124 Å². The number of hydrogen-bond acceptors (Lipinski definition) is 7. The minimum Gasteiger partial charge on any atom is -0.505 e. The molecule has 0 aromatic carbocycles. The molecule has 0 radical (unpaired) electrons. The monoisotopic (exact) mass is 414 g/mol. The number of hydrogen-bond donors (Lipinski definition) is 4. The second-order valence-electron chi connectivity index (χ2n) is 7.94. The molecule has 0 amide bonds. The van der Waals surface area contributed by atoms with Crippen molar-refractivity contribution < 1.29 is 34.8 Å². The molecule has 0 unspecified atom stereocenters. The van der Waals surface area contributed by atoms with E-state index in [9.17, 15) is 30.0 Å². The van der Waals surface area contributed by atoms with Gasteiger partial charge in [0.25, 0.3) is 5.60 Å². The van der Waals surface area contributed by atoms with Gasteiger partial charge in [-0.05, 0) is 6.42 Å². The van der Waals surface area contributed by atoms with Gasteiger partial charge in [0.1, 0.15) is 6.10 Å². The van der Waals surface area contributed by atoms with Crippen molar-refractivity contribution in [2.45, 2.75) is 109 Å². The first kappa shape index (κ1) is 25.4. The number of carbonyl (C=O) groups excluding carboxylic acids is 2. The fourth-order valence-electron chi connectivity index (χ4n) is 3.73. The van der Waals surface area contributed by atoms with Crippen LogP contribution in [0.4, 0.5) is 0 Å². The summed E-state index contributed by atoms with van der Waals surface area (Å²) >= 11 is 0. The van der Waals surface area contributed by atoms with E-state index in [1.54, 1.807) is 0 Å². The van der Waals surface area contributed by atoms with Crippen LogP contribution in [0.3, 0.4) is 0 Å². The van der Waals surface area contributed by atoms with Crippen molar-refractivity contribution in [3.8, 4) is 0 Å². The second-order valence-corrected chi connectivity index (χ2v) is 7.94. The van der Waals surface area contributed by atoms with Gasteiger partial charge in [0.05, 0.1) is 6.61 Å². The highest BCUT2D eigenvalue weighted by Gasteiger charge is 2.58. The van der Waals surface area contributed by atoms with Crippen molar-refractivity contribution >= 4 is 11.8 Å². The Kier molecular flexibility index (Phi) is 11.9. The van der Waals surface area contributed by atoms with E-state index in [2.05, 4.69) is 6.92 Å². The van der Waals surface area contributed by atoms with Crippen LogP contribution in [0.25, 0.3) is 0 Å². The number of carbonyl (C=O) groups is 2. The maximum absolute atomic E-state index is 12.5. The number of esters is 1. The summed E-state index contributed by atoms with van der Waals surface area (Å²) in [6, 6.07) is 0. The normalized spacial score (nSPS) is 20.2. The first-order chi connectivity index (χ1) is 13.9. The van der Waals surface area contributed by atoms with Crippen LogP contribution < -0.4 is 0 Å². The maximum atomic E-state index is 12.5. The zero-order valence-corrected chi connectivity index (χ0v) is 17.7. The number of aliphatic hydroxyl groups is 4. The quantitative estimate of drug-likeness (QED) is 0.209. The first-order valence-corrected chi connectivity index (χ1v) is 11.1. The van der Waals surface area contributed by atoms with Gasteiger partial charge in [0, 0.05) is 6.42 Å². The highest BCUT2D eigenvalue weighted by Crippen LogP contribution is 2.35. The lowest BCUT2D eigenvalue weighted by Crippen LogP contribution is -2.53. The molecule has 4 N–H and O–H groups in total. The Labute approximate surface area is 173 Å². The van der Waals surface area contributed by atoms with Crippen LogP contribution >= 0.6 is 0 Å². The molecule has 0 saturated carbocycles. The lowest BCUT2D eigenvalue weighted by molar-refractivity contribution is -0.173. The van der Waals surface area contributed by atoms with E-state index in [0.717, 1.165) is 19.3 Å². The van der Waals surface area contributed by atoms with E-state index in [4.69, 9.17) is 4.74 Å². The van der Waals surface area contributed by atoms with Gasteiger partial charge < -0.3 is 25.2 Å². The zero-order valence-electron chi connectivity index (χ0n) is 17.7. The van der Waals surface area contributed by atoms with E-state index in [-0.39, 0.29) is 6.42 Å². The third kappa shape index (κ3) is 7.30. The van der Waals surface area contributed by atoms with Crippen LogP contribution in [0.5, 0.6) is 0 Å². The van der Waals surface area contributed by atoms with Crippen molar-refractivity contribution in [1.82, 2.24) is 0 Å². The van der Waals surface area contributed by atoms with Gasteiger partial charge in [-0.2, -0.15) is 0 Å². The zero-order chi connectivity index (χ0) is 21.7. The molecule has 0 saturated heterocycles. The Morgan fingerprint density at radius 1 is 0.897 bits per heavy atom. The number of Topliss-reactive ketones (excluding diaryl/α,β-unsaturated/α-hetero) is 1. The Balaban J connectivity index is 2.21. The molecule has 168 valence electrons. The molecule has 1 rings (SSSR count). The molecule has 7 heteroatoms. The van der Waals surface area contributed by atoms with Gasteiger partial charge in [0.15, 0.2) is 11.5 Å². The standard InChI is InChI=1S/C22H38O7/c1-2-3-4-5-6-7-8-9-10-11-12-13-14-15-17(24)22(18(25)16-23)20(27)19(26)21(28)29-22/h18,23,25-27H,2-16H2,1H3/t18-,22+/m0/s1. The number of aliphatic hydroxyl groups excluding tert-OH is 4. The maximum Gasteiger partial charge on any atom is 0.378 e. The number of ether oxygens (including phenoxy) is 1. The Hall–Kier alpha value is -1.60.